The van der Waals surface area contributed by atoms with E-state index < -0.39 is 5.97 Å². The number of aromatic carboxylic acids is 1. The molecule has 1 aliphatic rings. The van der Waals surface area contributed by atoms with Crippen molar-refractivity contribution in [1.29, 1.82) is 0 Å². The van der Waals surface area contributed by atoms with E-state index in [1.807, 2.05) is 4.90 Å². The van der Waals surface area contributed by atoms with Gasteiger partial charge in [0.25, 0.3) is 0 Å². The summed E-state index contributed by atoms with van der Waals surface area (Å²) in [4.78, 5) is 32.3. The molecule has 2 unspecified atom stereocenters. The summed E-state index contributed by atoms with van der Waals surface area (Å²) in [5.41, 5.74) is 5.92. The van der Waals surface area contributed by atoms with Crippen LogP contribution in [0, 0.1) is 5.92 Å². The summed E-state index contributed by atoms with van der Waals surface area (Å²) in [5.74, 6) is -1.53. The van der Waals surface area contributed by atoms with E-state index in [0.717, 1.165) is 12.8 Å². The van der Waals surface area contributed by atoms with Crippen LogP contribution >= 0.6 is 0 Å². The third kappa shape index (κ3) is 3.11. The molecular formula is C13H18N4O3. The van der Waals surface area contributed by atoms with Gasteiger partial charge in [-0.1, -0.05) is 0 Å². The molecule has 2 rings (SSSR count). The number of amides is 1. The topological polar surface area (TPSA) is 109 Å². The number of carboxylic acids is 1. The van der Waals surface area contributed by atoms with Gasteiger partial charge in [0.2, 0.25) is 5.91 Å². The Balaban J connectivity index is 2.16. The fraction of sp³-hybridized carbons (Fsp3) is 0.538. The predicted octanol–water partition coefficient (Wildman–Crippen LogP) is 0.261. The molecule has 7 nitrogen and oxygen atoms in total. The molecule has 20 heavy (non-hydrogen) atoms. The molecule has 1 aromatic rings. The molecule has 0 radical (unpaired) electrons. The third-order valence-electron chi connectivity index (χ3n) is 3.79. The second-order valence-electron chi connectivity index (χ2n) is 5.14. The van der Waals surface area contributed by atoms with E-state index in [4.69, 9.17) is 10.8 Å². The largest absolute Gasteiger partial charge is 0.478 e. The van der Waals surface area contributed by atoms with Crippen LogP contribution in [0.3, 0.4) is 0 Å². The first-order valence-electron chi connectivity index (χ1n) is 6.54. The van der Waals surface area contributed by atoms with Gasteiger partial charge in [0.05, 0.1) is 11.6 Å². The van der Waals surface area contributed by atoms with Crippen LogP contribution in [-0.2, 0) is 11.3 Å². The number of carboxylic acid groups (broad SMARTS) is 1. The molecule has 3 N–H and O–H groups in total. The zero-order valence-corrected chi connectivity index (χ0v) is 11.3. The van der Waals surface area contributed by atoms with Crippen molar-refractivity contribution in [2.24, 2.45) is 11.7 Å². The molecule has 1 fully saturated rings. The SMILES string of the molecule is CC1CCC(C(N)=O)CN1Cc1ncncc1C(=O)O. The molecule has 0 aliphatic carbocycles. The number of piperidine rings is 1. The Labute approximate surface area is 116 Å². The van der Waals surface area contributed by atoms with Gasteiger partial charge >= 0.3 is 5.97 Å². The second-order valence-corrected chi connectivity index (χ2v) is 5.14. The number of likely N-dealkylation sites (tertiary alicyclic amines) is 1. The van der Waals surface area contributed by atoms with Gasteiger partial charge in [0.15, 0.2) is 0 Å². The minimum Gasteiger partial charge on any atom is -0.478 e. The second kappa shape index (κ2) is 5.96. The van der Waals surface area contributed by atoms with Gasteiger partial charge in [0, 0.05) is 25.3 Å². The average molecular weight is 278 g/mol. The van der Waals surface area contributed by atoms with Crippen LogP contribution in [0.4, 0.5) is 0 Å². The molecular weight excluding hydrogens is 260 g/mol. The highest BCUT2D eigenvalue weighted by Gasteiger charge is 2.29. The number of primary amides is 1. The van der Waals surface area contributed by atoms with Crippen LogP contribution in [-0.4, -0.2) is 44.4 Å². The van der Waals surface area contributed by atoms with Crippen LogP contribution < -0.4 is 5.73 Å². The van der Waals surface area contributed by atoms with Gasteiger partial charge in [0.1, 0.15) is 11.9 Å². The van der Waals surface area contributed by atoms with Crippen LogP contribution in [0.5, 0.6) is 0 Å². The highest BCUT2D eigenvalue weighted by atomic mass is 16.4. The Kier molecular flexibility index (Phi) is 4.29. The molecule has 1 saturated heterocycles. The molecule has 0 bridgehead atoms. The third-order valence-corrected chi connectivity index (χ3v) is 3.79. The van der Waals surface area contributed by atoms with Gasteiger partial charge in [-0.2, -0.15) is 0 Å². The van der Waals surface area contributed by atoms with Crippen molar-refractivity contribution in [3.8, 4) is 0 Å². The van der Waals surface area contributed by atoms with Crippen LogP contribution in [0.25, 0.3) is 0 Å². The van der Waals surface area contributed by atoms with Crippen molar-refractivity contribution in [2.75, 3.05) is 6.54 Å². The van der Waals surface area contributed by atoms with Crippen LogP contribution in [0.1, 0.15) is 35.8 Å². The summed E-state index contributed by atoms with van der Waals surface area (Å²) in [6.45, 7) is 2.98. The van der Waals surface area contributed by atoms with Crippen LogP contribution in [0.2, 0.25) is 0 Å². The van der Waals surface area contributed by atoms with E-state index in [1.165, 1.54) is 12.5 Å². The summed E-state index contributed by atoms with van der Waals surface area (Å²) in [6.07, 6.45) is 4.27. The van der Waals surface area contributed by atoms with E-state index in [-0.39, 0.29) is 23.4 Å². The van der Waals surface area contributed by atoms with Crippen molar-refractivity contribution in [2.45, 2.75) is 32.4 Å². The van der Waals surface area contributed by atoms with E-state index >= 15 is 0 Å². The monoisotopic (exact) mass is 278 g/mol. The van der Waals surface area contributed by atoms with E-state index in [9.17, 15) is 9.59 Å². The highest BCUT2D eigenvalue weighted by molar-refractivity contribution is 5.88. The maximum absolute atomic E-state index is 11.3. The molecule has 7 heteroatoms. The zero-order chi connectivity index (χ0) is 14.7. The number of hydrogen-bond acceptors (Lipinski definition) is 5. The predicted molar refractivity (Wildman–Crippen MR) is 70.8 cm³/mol. The van der Waals surface area contributed by atoms with Gasteiger partial charge < -0.3 is 10.8 Å². The van der Waals surface area contributed by atoms with Gasteiger partial charge in [-0.3, -0.25) is 9.69 Å². The first-order valence-corrected chi connectivity index (χ1v) is 6.54. The summed E-state index contributed by atoms with van der Waals surface area (Å²) >= 11 is 0. The van der Waals surface area contributed by atoms with E-state index in [0.29, 0.717) is 18.8 Å². The first kappa shape index (κ1) is 14.4. The van der Waals surface area contributed by atoms with Crippen molar-refractivity contribution in [3.63, 3.8) is 0 Å². The Morgan fingerprint density at radius 3 is 2.90 bits per heavy atom. The number of carbonyl (C=O) groups is 2. The number of nitrogens with two attached hydrogens (primary N) is 1. The Morgan fingerprint density at radius 1 is 1.50 bits per heavy atom. The lowest BCUT2D eigenvalue weighted by Gasteiger charge is -2.36. The highest BCUT2D eigenvalue weighted by Crippen LogP contribution is 2.23. The normalized spacial score (nSPS) is 23.4. The van der Waals surface area contributed by atoms with Crippen molar-refractivity contribution in [3.05, 3.63) is 23.8 Å². The zero-order valence-electron chi connectivity index (χ0n) is 11.3. The minimum atomic E-state index is -1.04. The van der Waals surface area contributed by atoms with E-state index in [1.54, 1.807) is 0 Å². The smallest absolute Gasteiger partial charge is 0.339 e. The van der Waals surface area contributed by atoms with Gasteiger partial charge in [-0.05, 0) is 19.8 Å². The Morgan fingerprint density at radius 2 is 2.25 bits per heavy atom. The summed E-state index contributed by atoms with van der Waals surface area (Å²) in [6, 6.07) is 0.266. The quantitative estimate of drug-likeness (QED) is 0.817. The Hall–Kier alpha value is -2.02. The first-order chi connectivity index (χ1) is 9.49. The fourth-order valence-electron chi connectivity index (χ4n) is 2.48. The van der Waals surface area contributed by atoms with Gasteiger partial charge in [-0.15, -0.1) is 0 Å². The number of rotatable bonds is 4. The lowest BCUT2D eigenvalue weighted by atomic mass is 9.92. The number of aromatic nitrogens is 2. The average Bonchev–Trinajstić information content (AvgIpc) is 2.41. The van der Waals surface area contributed by atoms with Crippen molar-refractivity contribution in [1.82, 2.24) is 14.9 Å². The Bertz CT molecular complexity index is 520. The maximum atomic E-state index is 11.3. The number of carbonyl (C=O) groups excluding carboxylic acids is 1. The van der Waals surface area contributed by atoms with E-state index in [2.05, 4.69) is 16.9 Å². The lowest BCUT2D eigenvalue weighted by molar-refractivity contribution is -0.124. The number of hydrogen-bond donors (Lipinski definition) is 2. The van der Waals surface area contributed by atoms with Gasteiger partial charge in [-0.25, -0.2) is 14.8 Å². The minimum absolute atomic E-state index is 0.0981. The van der Waals surface area contributed by atoms with Crippen molar-refractivity contribution < 1.29 is 14.7 Å². The van der Waals surface area contributed by atoms with Crippen LogP contribution in [0.15, 0.2) is 12.5 Å². The van der Waals surface area contributed by atoms with Crippen molar-refractivity contribution >= 4 is 11.9 Å². The molecule has 0 spiro atoms. The lowest BCUT2D eigenvalue weighted by Crippen LogP contribution is -2.45. The number of nitrogens with zero attached hydrogens (tertiary/aromatic N) is 3. The molecule has 2 atom stereocenters. The fourth-order valence-corrected chi connectivity index (χ4v) is 2.48. The molecule has 1 aliphatic heterocycles. The summed E-state index contributed by atoms with van der Waals surface area (Å²) in [7, 11) is 0. The standard InChI is InChI=1S/C13H18N4O3/c1-8-2-3-9(12(14)18)5-17(8)6-11-10(13(19)20)4-15-7-16-11/h4,7-9H,2-3,5-6H2,1H3,(H2,14,18)(H,19,20). The molecule has 2 heterocycles. The molecule has 0 aromatic carbocycles. The molecule has 1 amide bonds. The molecule has 108 valence electrons. The maximum Gasteiger partial charge on any atom is 0.339 e. The summed E-state index contributed by atoms with van der Waals surface area (Å²) in [5, 5.41) is 9.13. The molecule has 0 saturated carbocycles. The molecule has 1 aromatic heterocycles. The summed E-state index contributed by atoms with van der Waals surface area (Å²) < 4.78 is 0.